The van der Waals surface area contributed by atoms with Gasteiger partial charge in [-0.05, 0) is 55.0 Å². The van der Waals surface area contributed by atoms with E-state index in [1.807, 2.05) is 0 Å². The van der Waals surface area contributed by atoms with E-state index in [1.165, 1.54) is 42.6 Å². The minimum absolute atomic E-state index is 0.00423. The average molecular weight is 676 g/mol. The average Bonchev–Trinajstić information content (AvgIpc) is 3.44. The molecular weight excluding hydrogens is 647 g/mol. The topological polar surface area (TPSA) is 140 Å². The van der Waals surface area contributed by atoms with Gasteiger partial charge in [-0.3, -0.25) is 20.0 Å². The maximum atomic E-state index is 13.7. The van der Waals surface area contributed by atoms with Gasteiger partial charge in [-0.1, -0.05) is 6.07 Å². The number of benzene rings is 2. The van der Waals surface area contributed by atoms with E-state index in [0.717, 1.165) is 43.8 Å². The predicted octanol–water partition coefficient (Wildman–Crippen LogP) is 4.83. The van der Waals surface area contributed by atoms with Crippen molar-refractivity contribution in [2.75, 3.05) is 37.8 Å². The summed E-state index contributed by atoms with van der Waals surface area (Å²) in [4.78, 5) is 36.8. The zero-order valence-corrected chi connectivity index (χ0v) is 26.2. The molecule has 0 aliphatic carbocycles. The Morgan fingerprint density at radius 3 is 2.48 bits per heavy atom. The van der Waals surface area contributed by atoms with Gasteiger partial charge in [-0.25, -0.2) is 18.2 Å². The molecule has 1 saturated heterocycles. The zero-order chi connectivity index (χ0) is 33.1. The number of aromatic nitrogens is 2. The summed E-state index contributed by atoms with van der Waals surface area (Å²) in [6, 6.07) is 11.0. The number of anilines is 1. The van der Waals surface area contributed by atoms with E-state index in [2.05, 4.69) is 25.5 Å². The number of aryl methyl sites for hydroxylation is 1. The number of sulfone groups is 1. The molecule has 0 atom stereocenters. The molecule has 1 fully saturated rings. The largest absolute Gasteiger partial charge is 0.491 e. The Labute approximate surface area is 266 Å². The van der Waals surface area contributed by atoms with Gasteiger partial charge in [-0.2, -0.15) is 13.2 Å². The second-order valence-electron chi connectivity index (χ2n) is 10.4. The number of hydrogen-bond donors (Lipinski definition) is 2. The van der Waals surface area contributed by atoms with E-state index in [-0.39, 0.29) is 21.3 Å². The highest BCUT2D eigenvalue weighted by molar-refractivity contribution is 7.90. The van der Waals surface area contributed by atoms with E-state index in [1.54, 1.807) is 24.4 Å². The van der Waals surface area contributed by atoms with Gasteiger partial charge < -0.3 is 14.8 Å². The number of alkyl halides is 3. The second kappa shape index (κ2) is 13.5. The first-order chi connectivity index (χ1) is 21.8. The number of pyridine rings is 1. The zero-order valence-electron chi connectivity index (χ0n) is 24.6. The summed E-state index contributed by atoms with van der Waals surface area (Å²) in [5.41, 5.74) is 1.58. The number of amides is 1. The predicted molar refractivity (Wildman–Crippen MR) is 164 cm³/mol. The number of piperazine rings is 1. The first-order valence-corrected chi connectivity index (χ1v) is 16.6. The van der Waals surface area contributed by atoms with Gasteiger partial charge in [0.2, 0.25) is 0 Å². The summed E-state index contributed by atoms with van der Waals surface area (Å²) in [5, 5.41) is 7.81. The van der Waals surface area contributed by atoms with Crippen LogP contribution in [0.5, 0.6) is 17.2 Å². The van der Waals surface area contributed by atoms with Gasteiger partial charge >= 0.3 is 12.1 Å². The number of nitrogens with zero attached hydrogens (tertiary/aromatic N) is 3. The lowest BCUT2D eigenvalue weighted by molar-refractivity contribution is -0.189. The normalized spacial score (nSPS) is 14.1. The summed E-state index contributed by atoms with van der Waals surface area (Å²) < 4.78 is 74.7. The number of halogens is 3. The molecule has 0 saturated carbocycles. The van der Waals surface area contributed by atoms with Gasteiger partial charge in [0.05, 0.1) is 21.8 Å². The number of ether oxygens (including phenoxy) is 2. The molecule has 2 N–H and O–H groups in total. The van der Waals surface area contributed by atoms with Crippen LogP contribution in [0.15, 0.2) is 65.0 Å². The van der Waals surface area contributed by atoms with Gasteiger partial charge in [0.1, 0.15) is 5.75 Å². The molecular formula is C30H28F3N5O6S2. The maximum Gasteiger partial charge on any atom is 0.491 e. The van der Waals surface area contributed by atoms with Crippen molar-refractivity contribution in [3.63, 3.8) is 0 Å². The fourth-order valence-electron chi connectivity index (χ4n) is 4.61. The van der Waals surface area contributed by atoms with Crippen LogP contribution in [-0.4, -0.2) is 73.8 Å². The Balaban J connectivity index is 1.56. The molecule has 11 nitrogen and oxygen atoms in total. The standard InChI is InChI=1S/C30H28F3N5O6S2/c1-18-4-3-9-35-25(18)19-14-23(27(39)37-29-36-20(17-45-29)16-38-12-10-34-11-13-38)26(44-28(40)30(31,32)33)24(15-19)43-21-5-7-22(8-6-21)46(2,41)42/h3-9,14-15,17,34H,10-13,16H2,1-2H3,(H,36,37,39). The van der Waals surface area contributed by atoms with Crippen molar-refractivity contribution in [1.29, 1.82) is 0 Å². The number of esters is 1. The molecule has 2 aromatic heterocycles. The van der Waals surface area contributed by atoms with Gasteiger partial charge in [0.25, 0.3) is 5.91 Å². The van der Waals surface area contributed by atoms with Crippen LogP contribution in [0.3, 0.4) is 0 Å². The Bertz CT molecular complexity index is 1860. The van der Waals surface area contributed by atoms with Crippen LogP contribution in [0.1, 0.15) is 21.6 Å². The van der Waals surface area contributed by atoms with Crippen molar-refractivity contribution in [3.05, 3.63) is 76.9 Å². The summed E-state index contributed by atoms with van der Waals surface area (Å²) >= 11 is 1.13. The third-order valence-corrected chi connectivity index (χ3v) is 8.79. The molecule has 1 amide bonds. The van der Waals surface area contributed by atoms with Crippen LogP contribution in [0.2, 0.25) is 0 Å². The number of thiazole rings is 1. The molecule has 0 bridgehead atoms. The molecule has 0 radical (unpaired) electrons. The Morgan fingerprint density at radius 1 is 1.11 bits per heavy atom. The van der Waals surface area contributed by atoms with Crippen LogP contribution < -0.4 is 20.1 Å². The molecule has 16 heteroatoms. The van der Waals surface area contributed by atoms with Crippen LogP contribution in [0, 0.1) is 6.92 Å². The summed E-state index contributed by atoms with van der Waals surface area (Å²) in [5.74, 6) is -4.72. The van der Waals surface area contributed by atoms with E-state index in [0.29, 0.717) is 23.5 Å². The van der Waals surface area contributed by atoms with Crippen molar-refractivity contribution in [2.24, 2.45) is 0 Å². The Morgan fingerprint density at radius 2 is 1.83 bits per heavy atom. The van der Waals surface area contributed by atoms with Crippen LogP contribution in [0.25, 0.3) is 11.3 Å². The molecule has 46 heavy (non-hydrogen) atoms. The Kier molecular flexibility index (Phi) is 9.71. The third kappa shape index (κ3) is 8.06. The quantitative estimate of drug-likeness (QED) is 0.187. The van der Waals surface area contributed by atoms with Crippen molar-refractivity contribution < 1.29 is 40.7 Å². The molecule has 242 valence electrons. The smallest absolute Gasteiger partial charge is 0.453 e. The van der Waals surface area contributed by atoms with Crippen molar-refractivity contribution >= 4 is 38.2 Å². The van der Waals surface area contributed by atoms with Crippen LogP contribution >= 0.6 is 11.3 Å². The molecule has 1 aliphatic heterocycles. The van der Waals surface area contributed by atoms with Gasteiger partial charge in [0.15, 0.2) is 26.5 Å². The van der Waals surface area contributed by atoms with Gasteiger partial charge in [-0.15, -0.1) is 11.3 Å². The first-order valence-electron chi connectivity index (χ1n) is 13.8. The number of carbonyl (C=O) groups is 2. The molecule has 4 aromatic rings. The van der Waals surface area contributed by atoms with Gasteiger partial charge in [0, 0.05) is 56.1 Å². The number of carbonyl (C=O) groups excluding carboxylic acids is 2. The molecule has 0 unspecified atom stereocenters. The summed E-state index contributed by atoms with van der Waals surface area (Å²) in [7, 11) is -3.56. The third-order valence-electron chi connectivity index (χ3n) is 6.86. The maximum absolute atomic E-state index is 13.7. The van der Waals surface area contributed by atoms with E-state index in [4.69, 9.17) is 9.47 Å². The molecule has 1 aliphatic rings. The second-order valence-corrected chi connectivity index (χ2v) is 13.3. The lowest BCUT2D eigenvalue weighted by Crippen LogP contribution is -2.42. The highest BCUT2D eigenvalue weighted by Crippen LogP contribution is 2.41. The monoisotopic (exact) mass is 675 g/mol. The number of hydrogen-bond acceptors (Lipinski definition) is 11. The van der Waals surface area contributed by atoms with E-state index < -0.39 is 45.0 Å². The molecule has 2 aromatic carbocycles. The van der Waals surface area contributed by atoms with E-state index in [9.17, 15) is 31.2 Å². The van der Waals surface area contributed by atoms with E-state index >= 15 is 0 Å². The number of nitrogens with one attached hydrogen (secondary N) is 2. The first kappa shape index (κ1) is 33.0. The SMILES string of the molecule is Cc1cccnc1-c1cc(Oc2ccc(S(C)(=O)=O)cc2)c(OC(=O)C(F)(F)F)c(C(=O)Nc2nc(CN3CCNCC3)cs2)c1. The fourth-order valence-corrected chi connectivity index (χ4v) is 5.94. The lowest BCUT2D eigenvalue weighted by atomic mass is 10.0. The summed E-state index contributed by atoms with van der Waals surface area (Å²) in [6.07, 6.45) is -2.89. The van der Waals surface area contributed by atoms with Crippen LogP contribution in [-0.2, 0) is 21.2 Å². The lowest BCUT2D eigenvalue weighted by Gasteiger charge is -2.26. The minimum Gasteiger partial charge on any atom is -0.453 e. The molecule has 0 spiro atoms. The number of rotatable bonds is 9. The fraction of sp³-hybridized carbons (Fsp3) is 0.267. The summed E-state index contributed by atoms with van der Waals surface area (Å²) in [6.45, 7) is 5.63. The van der Waals surface area contributed by atoms with Crippen LogP contribution in [0.4, 0.5) is 18.3 Å². The van der Waals surface area contributed by atoms with Crippen molar-refractivity contribution in [2.45, 2.75) is 24.5 Å². The highest BCUT2D eigenvalue weighted by Gasteiger charge is 2.42. The molecule has 5 rings (SSSR count). The minimum atomic E-state index is -5.40. The Hall–Kier alpha value is -4.38. The molecule has 3 heterocycles. The van der Waals surface area contributed by atoms with Crippen molar-refractivity contribution in [1.82, 2.24) is 20.2 Å². The highest BCUT2D eigenvalue weighted by atomic mass is 32.2. The van der Waals surface area contributed by atoms with Crippen molar-refractivity contribution in [3.8, 4) is 28.5 Å².